The Morgan fingerprint density at radius 2 is 1.87 bits per heavy atom. The van der Waals surface area contributed by atoms with Gasteiger partial charge in [-0.2, -0.15) is 0 Å². The van der Waals surface area contributed by atoms with Crippen LogP contribution in [-0.4, -0.2) is 28.7 Å². The van der Waals surface area contributed by atoms with Crippen LogP contribution < -0.4 is 0 Å². The molecule has 2 aromatic rings. The maximum absolute atomic E-state index is 12.2. The molecule has 0 saturated heterocycles. The third-order valence-electron chi connectivity index (χ3n) is 3.43. The zero-order valence-corrected chi connectivity index (χ0v) is 15.4. The third-order valence-corrected chi connectivity index (χ3v) is 5.30. The van der Waals surface area contributed by atoms with Crippen molar-refractivity contribution < 1.29 is 9.90 Å². The summed E-state index contributed by atoms with van der Waals surface area (Å²) in [5, 5.41) is 9.24. The topological polar surface area (TPSA) is 40.5 Å². The molecule has 2 rings (SSSR count). The quantitative estimate of drug-likeness (QED) is 0.547. The van der Waals surface area contributed by atoms with Crippen molar-refractivity contribution in [1.29, 1.82) is 0 Å². The number of benzene rings is 2. The van der Waals surface area contributed by atoms with Crippen molar-refractivity contribution in [1.82, 2.24) is 4.90 Å². The Bertz CT molecular complexity index is 646. The molecule has 2 aromatic carbocycles. The van der Waals surface area contributed by atoms with Crippen molar-refractivity contribution in [3.05, 3.63) is 58.6 Å². The van der Waals surface area contributed by atoms with Gasteiger partial charge in [-0.25, -0.2) is 0 Å². The second-order valence-corrected chi connectivity index (χ2v) is 7.31. The number of hydrogen-bond acceptors (Lipinski definition) is 3. The summed E-state index contributed by atoms with van der Waals surface area (Å²) < 4.78 is 1.03. The molecule has 0 aromatic heterocycles. The second-order valence-electron chi connectivity index (χ2n) is 5.29. The Morgan fingerprint density at radius 3 is 2.57 bits per heavy atom. The van der Waals surface area contributed by atoms with Gasteiger partial charge in [0, 0.05) is 29.4 Å². The number of aromatic hydroxyl groups is 1. The van der Waals surface area contributed by atoms with Gasteiger partial charge in [-0.05, 0) is 48.1 Å². The summed E-state index contributed by atoms with van der Waals surface area (Å²) in [6.07, 6.45) is 1.39. The van der Waals surface area contributed by atoms with Gasteiger partial charge >= 0.3 is 0 Å². The van der Waals surface area contributed by atoms with E-state index in [0.717, 1.165) is 27.1 Å². The summed E-state index contributed by atoms with van der Waals surface area (Å²) >= 11 is 5.21. The Labute approximate surface area is 149 Å². The molecule has 1 N–H and O–H groups in total. The van der Waals surface area contributed by atoms with E-state index in [9.17, 15) is 9.90 Å². The SMILES string of the molecule is CN(Cc1ccccc1Br)C(=O)CCCSc1ccc(O)cc1. The lowest BCUT2D eigenvalue weighted by Gasteiger charge is -2.18. The van der Waals surface area contributed by atoms with E-state index in [4.69, 9.17) is 0 Å². The molecule has 0 heterocycles. The van der Waals surface area contributed by atoms with Crippen LogP contribution in [-0.2, 0) is 11.3 Å². The molecule has 0 atom stereocenters. The number of rotatable bonds is 7. The Hall–Kier alpha value is -1.46. The van der Waals surface area contributed by atoms with Crippen molar-refractivity contribution in [2.75, 3.05) is 12.8 Å². The highest BCUT2D eigenvalue weighted by Crippen LogP contribution is 2.22. The largest absolute Gasteiger partial charge is 0.508 e. The summed E-state index contributed by atoms with van der Waals surface area (Å²) in [4.78, 5) is 15.1. The molecular weight excluding hydrogens is 374 g/mol. The molecular formula is C18H20BrNO2S. The molecule has 23 heavy (non-hydrogen) atoms. The fourth-order valence-corrected chi connectivity index (χ4v) is 3.38. The van der Waals surface area contributed by atoms with Crippen LogP contribution in [0.2, 0.25) is 0 Å². The first-order chi connectivity index (χ1) is 11.1. The summed E-state index contributed by atoms with van der Waals surface area (Å²) in [7, 11) is 1.84. The molecule has 0 radical (unpaired) electrons. The van der Waals surface area contributed by atoms with Gasteiger partial charge in [0.1, 0.15) is 5.75 Å². The van der Waals surface area contributed by atoms with E-state index >= 15 is 0 Å². The minimum Gasteiger partial charge on any atom is -0.508 e. The predicted octanol–water partition coefficient (Wildman–Crippen LogP) is 4.69. The molecule has 0 spiro atoms. The van der Waals surface area contributed by atoms with Crippen LogP contribution in [0, 0.1) is 0 Å². The lowest BCUT2D eigenvalue weighted by atomic mass is 10.2. The molecule has 0 aliphatic rings. The fraction of sp³-hybridized carbons (Fsp3) is 0.278. The van der Waals surface area contributed by atoms with Crippen molar-refractivity contribution in [2.45, 2.75) is 24.3 Å². The minimum atomic E-state index is 0.159. The minimum absolute atomic E-state index is 0.159. The van der Waals surface area contributed by atoms with Gasteiger partial charge in [-0.15, -0.1) is 11.8 Å². The number of phenols is 1. The summed E-state index contributed by atoms with van der Waals surface area (Å²) in [5.41, 5.74) is 1.11. The normalized spacial score (nSPS) is 10.5. The summed E-state index contributed by atoms with van der Waals surface area (Å²) in [6, 6.07) is 15.1. The van der Waals surface area contributed by atoms with E-state index in [-0.39, 0.29) is 11.7 Å². The Kier molecular flexibility index (Phi) is 6.99. The number of amides is 1. The van der Waals surface area contributed by atoms with Gasteiger partial charge < -0.3 is 10.0 Å². The average Bonchev–Trinajstić information content (AvgIpc) is 2.55. The van der Waals surface area contributed by atoms with Gasteiger partial charge in [0.2, 0.25) is 5.91 Å². The number of phenolic OH excluding ortho intramolecular Hbond substituents is 1. The Morgan fingerprint density at radius 1 is 1.17 bits per heavy atom. The van der Waals surface area contributed by atoms with Crippen LogP contribution >= 0.6 is 27.7 Å². The molecule has 3 nitrogen and oxygen atoms in total. The van der Waals surface area contributed by atoms with E-state index in [0.29, 0.717) is 13.0 Å². The lowest BCUT2D eigenvalue weighted by molar-refractivity contribution is -0.130. The molecule has 5 heteroatoms. The van der Waals surface area contributed by atoms with Gasteiger partial charge in [-0.3, -0.25) is 4.79 Å². The second kappa shape index (κ2) is 8.99. The number of hydrogen-bond donors (Lipinski definition) is 1. The Balaban J connectivity index is 1.72. The standard InChI is InChI=1S/C18H20BrNO2S/c1-20(13-14-5-2-3-6-17(14)19)18(22)7-4-12-23-16-10-8-15(21)9-11-16/h2-3,5-6,8-11,21H,4,7,12-13H2,1H3. The molecule has 0 fully saturated rings. The van der Waals surface area contributed by atoms with E-state index in [2.05, 4.69) is 15.9 Å². The molecule has 0 saturated carbocycles. The number of carbonyl (C=O) groups is 1. The molecule has 0 unspecified atom stereocenters. The van der Waals surface area contributed by atoms with Gasteiger partial charge in [0.25, 0.3) is 0 Å². The van der Waals surface area contributed by atoms with Crippen LogP contribution in [0.25, 0.3) is 0 Å². The molecule has 0 aliphatic carbocycles. The summed E-state index contributed by atoms with van der Waals surface area (Å²) in [6.45, 7) is 0.616. The highest BCUT2D eigenvalue weighted by molar-refractivity contribution is 9.10. The number of halogens is 1. The zero-order valence-electron chi connectivity index (χ0n) is 13.0. The molecule has 0 bridgehead atoms. The van der Waals surface area contributed by atoms with Crippen LogP contribution in [0.4, 0.5) is 0 Å². The van der Waals surface area contributed by atoms with E-state index < -0.39 is 0 Å². The van der Waals surface area contributed by atoms with E-state index in [1.807, 2.05) is 43.4 Å². The smallest absolute Gasteiger partial charge is 0.222 e. The average molecular weight is 394 g/mol. The molecule has 122 valence electrons. The fourth-order valence-electron chi connectivity index (χ4n) is 2.12. The number of thioether (sulfide) groups is 1. The van der Waals surface area contributed by atoms with Crippen LogP contribution in [0.15, 0.2) is 57.9 Å². The molecule has 1 amide bonds. The lowest BCUT2D eigenvalue weighted by Crippen LogP contribution is -2.26. The zero-order chi connectivity index (χ0) is 16.7. The first kappa shape index (κ1) is 17.9. The number of nitrogens with zero attached hydrogens (tertiary/aromatic N) is 1. The van der Waals surface area contributed by atoms with Crippen molar-refractivity contribution >= 4 is 33.6 Å². The van der Waals surface area contributed by atoms with Crippen LogP contribution in [0.5, 0.6) is 5.75 Å². The van der Waals surface area contributed by atoms with Crippen molar-refractivity contribution in [3.8, 4) is 5.75 Å². The van der Waals surface area contributed by atoms with Gasteiger partial charge in [0.05, 0.1) is 0 Å². The summed E-state index contributed by atoms with van der Waals surface area (Å²) in [5.74, 6) is 1.32. The van der Waals surface area contributed by atoms with Crippen LogP contribution in [0.1, 0.15) is 18.4 Å². The van der Waals surface area contributed by atoms with Crippen molar-refractivity contribution in [3.63, 3.8) is 0 Å². The maximum Gasteiger partial charge on any atom is 0.222 e. The maximum atomic E-state index is 12.2. The first-order valence-corrected chi connectivity index (χ1v) is 9.23. The van der Waals surface area contributed by atoms with E-state index in [1.165, 1.54) is 0 Å². The monoisotopic (exact) mass is 393 g/mol. The van der Waals surface area contributed by atoms with Gasteiger partial charge in [-0.1, -0.05) is 34.1 Å². The third kappa shape index (κ3) is 5.92. The van der Waals surface area contributed by atoms with E-state index in [1.54, 1.807) is 28.8 Å². The highest BCUT2D eigenvalue weighted by Gasteiger charge is 2.10. The highest BCUT2D eigenvalue weighted by atomic mass is 79.9. The van der Waals surface area contributed by atoms with Crippen molar-refractivity contribution in [2.24, 2.45) is 0 Å². The predicted molar refractivity (Wildman–Crippen MR) is 98.7 cm³/mol. The molecule has 0 aliphatic heterocycles. The van der Waals surface area contributed by atoms with Crippen LogP contribution in [0.3, 0.4) is 0 Å². The number of carbonyl (C=O) groups excluding carboxylic acids is 1. The first-order valence-electron chi connectivity index (χ1n) is 7.45. The van der Waals surface area contributed by atoms with Gasteiger partial charge in [0.15, 0.2) is 0 Å².